The number of hydrogen-bond donors (Lipinski definition) is 0. The lowest BCUT2D eigenvalue weighted by Crippen LogP contribution is -2.44. The second-order valence-electron chi connectivity index (χ2n) is 4.67. The SMILES string of the molecule is C#CC[C@]1(C(=O)OCC)CCc2ccccc2C1=O. The first kappa shape index (κ1) is 13.4. The number of carbonyl (C=O) groups is 2. The molecule has 0 fully saturated rings. The van der Waals surface area contributed by atoms with Gasteiger partial charge in [-0.25, -0.2) is 0 Å². The van der Waals surface area contributed by atoms with E-state index in [9.17, 15) is 9.59 Å². The molecule has 0 radical (unpaired) electrons. The summed E-state index contributed by atoms with van der Waals surface area (Å²) in [7, 11) is 0. The number of aryl methyl sites for hydroxylation is 1. The molecule has 0 bridgehead atoms. The summed E-state index contributed by atoms with van der Waals surface area (Å²) in [5.74, 6) is 1.76. The Balaban J connectivity index is 2.45. The van der Waals surface area contributed by atoms with E-state index < -0.39 is 11.4 Å². The van der Waals surface area contributed by atoms with Gasteiger partial charge in [0, 0.05) is 12.0 Å². The van der Waals surface area contributed by atoms with Crippen LogP contribution in [0.3, 0.4) is 0 Å². The molecule has 0 aromatic heterocycles. The Labute approximate surface area is 113 Å². The fourth-order valence-electron chi connectivity index (χ4n) is 2.56. The van der Waals surface area contributed by atoms with Crippen LogP contribution in [0.4, 0.5) is 0 Å². The van der Waals surface area contributed by atoms with Gasteiger partial charge in [-0.15, -0.1) is 12.3 Å². The van der Waals surface area contributed by atoms with Crippen LogP contribution in [0.1, 0.15) is 35.7 Å². The van der Waals surface area contributed by atoms with Gasteiger partial charge in [0.05, 0.1) is 6.61 Å². The number of benzene rings is 1. The number of ketones is 1. The first-order chi connectivity index (χ1) is 9.15. The molecule has 0 saturated carbocycles. The Morgan fingerprint density at radius 2 is 2.21 bits per heavy atom. The highest BCUT2D eigenvalue weighted by Gasteiger charge is 2.49. The monoisotopic (exact) mass is 256 g/mol. The fourth-order valence-corrected chi connectivity index (χ4v) is 2.56. The summed E-state index contributed by atoms with van der Waals surface area (Å²) >= 11 is 0. The van der Waals surface area contributed by atoms with Crippen molar-refractivity contribution in [3.63, 3.8) is 0 Å². The molecule has 0 heterocycles. The third-order valence-corrected chi connectivity index (χ3v) is 3.59. The van der Waals surface area contributed by atoms with Gasteiger partial charge in [0.2, 0.25) is 0 Å². The second kappa shape index (κ2) is 5.27. The van der Waals surface area contributed by atoms with E-state index in [4.69, 9.17) is 11.2 Å². The Bertz CT molecular complexity index is 553. The van der Waals surface area contributed by atoms with Crippen LogP contribution < -0.4 is 0 Å². The first-order valence-corrected chi connectivity index (χ1v) is 6.39. The Kier molecular flexibility index (Phi) is 3.71. The number of fused-ring (bicyclic) bond motifs is 1. The van der Waals surface area contributed by atoms with E-state index in [2.05, 4.69) is 5.92 Å². The minimum Gasteiger partial charge on any atom is -0.465 e. The van der Waals surface area contributed by atoms with Crippen LogP contribution in [-0.2, 0) is 16.0 Å². The van der Waals surface area contributed by atoms with Crippen LogP contribution in [0.15, 0.2) is 24.3 Å². The van der Waals surface area contributed by atoms with E-state index in [1.807, 2.05) is 12.1 Å². The van der Waals surface area contributed by atoms with Gasteiger partial charge in [-0.2, -0.15) is 0 Å². The zero-order valence-corrected chi connectivity index (χ0v) is 10.9. The Morgan fingerprint density at radius 3 is 2.89 bits per heavy atom. The van der Waals surface area contributed by atoms with Crippen LogP contribution in [0.5, 0.6) is 0 Å². The van der Waals surface area contributed by atoms with E-state index in [1.165, 1.54) is 0 Å². The van der Waals surface area contributed by atoms with Crippen LogP contribution >= 0.6 is 0 Å². The summed E-state index contributed by atoms with van der Waals surface area (Å²) < 4.78 is 5.07. The number of hydrogen-bond acceptors (Lipinski definition) is 3. The molecule has 0 amide bonds. The molecule has 19 heavy (non-hydrogen) atoms. The molecule has 1 aliphatic carbocycles. The van der Waals surface area contributed by atoms with Crippen LogP contribution in [0.25, 0.3) is 0 Å². The number of carbonyl (C=O) groups excluding carboxylic acids is 2. The number of esters is 1. The van der Waals surface area contributed by atoms with E-state index in [1.54, 1.807) is 19.1 Å². The van der Waals surface area contributed by atoms with E-state index in [0.717, 1.165) is 5.56 Å². The average molecular weight is 256 g/mol. The summed E-state index contributed by atoms with van der Waals surface area (Å²) in [6.07, 6.45) is 6.54. The van der Waals surface area contributed by atoms with Gasteiger partial charge >= 0.3 is 5.97 Å². The highest BCUT2D eigenvalue weighted by molar-refractivity contribution is 6.14. The average Bonchev–Trinajstić information content (AvgIpc) is 2.43. The molecule has 1 atom stereocenters. The van der Waals surface area contributed by atoms with Crippen molar-refractivity contribution in [3.8, 4) is 12.3 Å². The van der Waals surface area contributed by atoms with E-state index in [-0.39, 0.29) is 18.8 Å². The molecule has 1 aliphatic rings. The first-order valence-electron chi connectivity index (χ1n) is 6.39. The van der Waals surface area contributed by atoms with Gasteiger partial charge in [0.1, 0.15) is 5.41 Å². The molecular formula is C16H16O3. The predicted octanol–water partition coefficient (Wildman–Crippen LogP) is 2.39. The minimum absolute atomic E-state index is 0.0962. The molecule has 0 saturated heterocycles. The van der Waals surface area contributed by atoms with Crippen molar-refractivity contribution in [2.24, 2.45) is 5.41 Å². The van der Waals surface area contributed by atoms with Gasteiger partial charge in [-0.3, -0.25) is 9.59 Å². The summed E-state index contributed by atoms with van der Waals surface area (Å²) in [6.45, 7) is 1.98. The maximum atomic E-state index is 12.6. The van der Waals surface area contributed by atoms with Crippen molar-refractivity contribution in [2.75, 3.05) is 6.61 Å². The van der Waals surface area contributed by atoms with Gasteiger partial charge in [0.15, 0.2) is 5.78 Å². The molecule has 0 aliphatic heterocycles. The lowest BCUT2D eigenvalue weighted by atomic mass is 9.68. The predicted molar refractivity (Wildman–Crippen MR) is 71.6 cm³/mol. The van der Waals surface area contributed by atoms with Crippen LogP contribution in [0, 0.1) is 17.8 Å². The molecular weight excluding hydrogens is 240 g/mol. The standard InChI is InChI=1S/C16H16O3/c1-3-10-16(15(18)19-4-2)11-9-12-7-5-6-8-13(12)14(16)17/h1,5-8H,4,9-11H2,2H3/t16-/m0/s1. The smallest absolute Gasteiger partial charge is 0.321 e. The number of terminal acetylenes is 1. The number of Topliss-reactive ketones (excluding diaryl/α,β-unsaturated/α-hetero) is 1. The minimum atomic E-state index is -1.20. The lowest BCUT2D eigenvalue weighted by Gasteiger charge is -2.32. The van der Waals surface area contributed by atoms with E-state index in [0.29, 0.717) is 18.4 Å². The Hall–Kier alpha value is -2.08. The highest BCUT2D eigenvalue weighted by Crippen LogP contribution is 2.39. The molecule has 1 aromatic carbocycles. The third-order valence-electron chi connectivity index (χ3n) is 3.59. The molecule has 1 aromatic rings. The van der Waals surface area contributed by atoms with Gasteiger partial charge in [-0.05, 0) is 25.3 Å². The molecule has 3 heteroatoms. The second-order valence-corrected chi connectivity index (χ2v) is 4.67. The van der Waals surface area contributed by atoms with Crippen molar-refractivity contribution in [1.29, 1.82) is 0 Å². The zero-order chi connectivity index (χ0) is 13.9. The molecule has 3 nitrogen and oxygen atoms in total. The lowest BCUT2D eigenvalue weighted by molar-refractivity contribution is -0.152. The van der Waals surface area contributed by atoms with Gasteiger partial charge in [0.25, 0.3) is 0 Å². The summed E-state index contributed by atoms with van der Waals surface area (Å²) in [6, 6.07) is 7.36. The fraction of sp³-hybridized carbons (Fsp3) is 0.375. The topological polar surface area (TPSA) is 43.4 Å². The van der Waals surface area contributed by atoms with Crippen LogP contribution in [-0.4, -0.2) is 18.4 Å². The van der Waals surface area contributed by atoms with Crippen molar-refractivity contribution < 1.29 is 14.3 Å². The maximum Gasteiger partial charge on any atom is 0.321 e. The summed E-state index contributed by atoms with van der Waals surface area (Å²) in [5, 5.41) is 0. The number of ether oxygens (including phenoxy) is 1. The molecule has 98 valence electrons. The molecule has 0 N–H and O–H groups in total. The maximum absolute atomic E-state index is 12.6. The largest absolute Gasteiger partial charge is 0.465 e. The highest BCUT2D eigenvalue weighted by atomic mass is 16.5. The summed E-state index contributed by atoms with van der Waals surface area (Å²) in [5.41, 5.74) is 0.376. The van der Waals surface area contributed by atoms with Crippen molar-refractivity contribution in [1.82, 2.24) is 0 Å². The van der Waals surface area contributed by atoms with Crippen molar-refractivity contribution in [2.45, 2.75) is 26.2 Å². The third kappa shape index (κ3) is 2.15. The van der Waals surface area contributed by atoms with Crippen molar-refractivity contribution in [3.05, 3.63) is 35.4 Å². The molecule has 0 unspecified atom stereocenters. The van der Waals surface area contributed by atoms with Crippen molar-refractivity contribution >= 4 is 11.8 Å². The summed E-state index contributed by atoms with van der Waals surface area (Å²) in [4.78, 5) is 24.8. The van der Waals surface area contributed by atoms with Gasteiger partial charge < -0.3 is 4.74 Å². The normalized spacial score (nSPS) is 21.4. The molecule has 0 spiro atoms. The number of rotatable bonds is 3. The Morgan fingerprint density at radius 1 is 1.47 bits per heavy atom. The van der Waals surface area contributed by atoms with E-state index >= 15 is 0 Å². The quantitative estimate of drug-likeness (QED) is 0.474. The zero-order valence-electron chi connectivity index (χ0n) is 10.9. The van der Waals surface area contributed by atoms with Crippen LogP contribution in [0.2, 0.25) is 0 Å². The van der Waals surface area contributed by atoms with Gasteiger partial charge in [-0.1, -0.05) is 24.3 Å². The molecule has 2 rings (SSSR count).